The molecule has 0 radical (unpaired) electrons. The van der Waals surface area contributed by atoms with Crippen molar-refractivity contribution < 1.29 is 19.1 Å². The van der Waals surface area contributed by atoms with Crippen molar-refractivity contribution in [1.82, 2.24) is 4.90 Å². The van der Waals surface area contributed by atoms with Crippen molar-refractivity contribution in [2.75, 3.05) is 13.7 Å². The van der Waals surface area contributed by atoms with Gasteiger partial charge in [0.2, 0.25) is 5.76 Å². The van der Waals surface area contributed by atoms with Crippen molar-refractivity contribution in [3.8, 4) is 11.5 Å². The average Bonchev–Trinajstić information content (AvgIpc) is 3.11. The van der Waals surface area contributed by atoms with E-state index in [0.717, 1.165) is 5.56 Å². The van der Waals surface area contributed by atoms with E-state index in [1.165, 1.54) is 13.2 Å². The lowest BCUT2D eigenvalue weighted by molar-refractivity contribution is 0.0730. The molecule has 1 amide bonds. The molecule has 0 saturated heterocycles. The summed E-state index contributed by atoms with van der Waals surface area (Å²) in [5, 5.41) is 10.8. The summed E-state index contributed by atoms with van der Waals surface area (Å²) in [4.78, 5) is 28.7. The van der Waals surface area contributed by atoms with Gasteiger partial charge in [0.25, 0.3) is 5.91 Å². The van der Waals surface area contributed by atoms with Crippen LogP contribution in [-0.4, -0.2) is 29.6 Å². The van der Waals surface area contributed by atoms with Crippen molar-refractivity contribution in [2.24, 2.45) is 0 Å². The Morgan fingerprint density at radius 3 is 2.61 bits per heavy atom. The van der Waals surface area contributed by atoms with Crippen LogP contribution < -0.4 is 10.2 Å². The number of halogens is 1. The molecule has 0 fully saturated rings. The summed E-state index contributed by atoms with van der Waals surface area (Å²) >= 11 is 6.12. The molecule has 2 heterocycles. The van der Waals surface area contributed by atoms with Crippen molar-refractivity contribution in [3.63, 3.8) is 0 Å². The number of amides is 1. The number of hydrogen-bond donors (Lipinski definition) is 1. The maximum atomic E-state index is 13.6. The maximum absolute atomic E-state index is 13.6. The molecule has 33 heavy (non-hydrogen) atoms. The molecule has 1 atom stereocenters. The zero-order valence-corrected chi connectivity index (χ0v) is 18.5. The highest BCUT2D eigenvalue weighted by atomic mass is 35.5. The van der Waals surface area contributed by atoms with Gasteiger partial charge in [-0.25, -0.2) is 0 Å². The van der Waals surface area contributed by atoms with E-state index in [1.807, 2.05) is 30.3 Å². The third-order valence-electron chi connectivity index (χ3n) is 5.93. The van der Waals surface area contributed by atoms with Crippen LogP contribution in [0.25, 0.3) is 11.0 Å². The van der Waals surface area contributed by atoms with Gasteiger partial charge >= 0.3 is 0 Å². The Balaban J connectivity index is 1.68. The fourth-order valence-corrected chi connectivity index (χ4v) is 4.50. The number of rotatable bonds is 5. The molecule has 0 spiro atoms. The molecule has 1 aliphatic heterocycles. The number of phenols is 1. The summed E-state index contributed by atoms with van der Waals surface area (Å²) in [6, 6.07) is 18.7. The minimum atomic E-state index is -0.689. The van der Waals surface area contributed by atoms with Gasteiger partial charge in [-0.3, -0.25) is 9.59 Å². The number of methoxy groups -OCH3 is 1. The van der Waals surface area contributed by atoms with Crippen LogP contribution in [0.1, 0.15) is 33.3 Å². The molecule has 0 bridgehead atoms. The molecule has 7 heteroatoms. The number of aromatic hydroxyl groups is 1. The Bertz CT molecular complexity index is 1430. The first-order valence-corrected chi connectivity index (χ1v) is 10.8. The summed E-state index contributed by atoms with van der Waals surface area (Å²) < 4.78 is 11.2. The number of fused-ring (bicyclic) bond motifs is 2. The normalized spacial score (nSPS) is 15.2. The number of nitrogens with zero attached hydrogens (tertiary/aromatic N) is 1. The van der Waals surface area contributed by atoms with E-state index in [2.05, 4.69) is 0 Å². The summed E-state index contributed by atoms with van der Waals surface area (Å²) in [7, 11) is 1.45. The standard InChI is InChI=1S/C26H20ClNO5/c1-32-21-13-16(7-9-19(21)29)23-22-24(30)18-14-17(27)8-10-20(18)33-25(22)26(31)28(23)12-11-15-5-3-2-4-6-15/h2-10,13-14,23,29H,11-12H2,1H3. The summed E-state index contributed by atoms with van der Waals surface area (Å²) in [6.45, 7) is 0.372. The highest BCUT2D eigenvalue weighted by molar-refractivity contribution is 6.31. The van der Waals surface area contributed by atoms with Crippen LogP contribution in [0.2, 0.25) is 5.02 Å². The van der Waals surface area contributed by atoms with E-state index in [4.69, 9.17) is 20.8 Å². The van der Waals surface area contributed by atoms with Gasteiger partial charge in [0.1, 0.15) is 5.58 Å². The smallest absolute Gasteiger partial charge is 0.290 e. The first-order valence-electron chi connectivity index (χ1n) is 10.5. The summed E-state index contributed by atoms with van der Waals surface area (Å²) in [6.07, 6.45) is 0.603. The minimum absolute atomic E-state index is 0.0277. The first-order chi connectivity index (χ1) is 16.0. The van der Waals surface area contributed by atoms with Gasteiger partial charge in [-0.2, -0.15) is 0 Å². The number of benzene rings is 3. The lowest BCUT2D eigenvalue weighted by Crippen LogP contribution is -2.31. The Labute approximate surface area is 194 Å². The molecule has 1 N–H and O–H groups in total. The number of phenolic OH excluding ortho intramolecular Hbond substituents is 1. The van der Waals surface area contributed by atoms with E-state index >= 15 is 0 Å². The van der Waals surface area contributed by atoms with Crippen LogP contribution in [0.4, 0.5) is 0 Å². The van der Waals surface area contributed by atoms with Gasteiger partial charge in [-0.05, 0) is 47.9 Å². The monoisotopic (exact) mass is 461 g/mol. The molecule has 3 aromatic carbocycles. The van der Waals surface area contributed by atoms with Crippen LogP contribution in [0.3, 0.4) is 0 Å². The SMILES string of the molecule is COc1cc(C2c3c(oc4ccc(Cl)cc4c3=O)C(=O)N2CCc2ccccc2)ccc1O. The van der Waals surface area contributed by atoms with Crippen LogP contribution >= 0.6 is 11.6 Å². The van der Waals surface area contributed by atoms with Gasteiger partial charge in [0, 0.05) is 11.6 Å². The zero-order chi connectivity index (χ0) is 23.1. The number of carbonyl (C=O) groups is 1. The predicted molar refractivity (Wildman–Crippen MR) is 125 cm³/mol. The molecule has 1 aliphatic rings. The second kappa shape index (κ2) is 8.30. The van der Waals surface area contributed by atoms with Crippen molar-refractivity contribution in [1.29, 1.82) is 0 Å². The predicted octanol–water partition coefficient (Wildman–Crippen LogP) is 4.95. The number of hydrogen-bond acceptors (Lipinski definition) is 5. The molecule has 6 nitrogen and oxygen atoms in total. The Kier molecular flexibility index (Phi) is 5.30. The highest BCUT2D eigenvalue weighted by Gasteiger charge is 2.42. The quantitative estimate of drug-likeness (QED) is 0.455. The molecule has 5 rings (SSSR count). The van der Waals surface area contributed by atoms with Gasteiger partial charge in [-0.1, -0.05) is 48.0 Å². The van der Waals surface area contributed by atoms with Crippen LogP contribution in [-0.2, 0) is 6.42 Å². The molecule has 0 saturated carbocycles. The van der Waals surface area contributed by atoms with Crippen molar-refractivity contribution >= 4 is 28.5 Å². The number of ether oxygens (including phenoxy) is 1. The third kappa shape index (κ3) is 3.62. The second-order valence-corrected chi connectivity index (χ2v) is 8.32. The van der Waals surface area contributed by atoms with Crippen LogP contribution in [0, 0.1) is 0 Å². The average molecular weight is 462 g/mol. The lowest BCUT2D eigenvalue weighted by atomic mass is 9.98. The van der Waals surface area contributed by atoms with Gasteiger partial charge in [0.05, 0.1) is 24.1 Å². The minimum Gasteiger partial charge on any atom is -0.504 e. The van der Waals surface area contributed by atoms with Crippen LogP contribution in [0.5, 0.6) is 11.5 Å². The molecular formula is C26H20ClNO5. The topological polar surface area (TPSA) is 80.0 Å². The molecular weight excluding hydrogens is 442 g/mol. The Morgan fingerprint density at radius 2 is 1.85 bits per heavy atom. The Hall–Kier alpha value is -3.77. The molecule has 1 unspecified atom stereocenters. The lowest BCUT2D eigenvalue weighted by Gasteiger charge is -2.25. The Morgan fingerprint density at radius 1 is 1.06 bits per heavy atom. The van der Waals surface area contributed by atoms with E-state index in [1.54, 1.807) is 35.2 Å². The van der Waals surface area contributed by atoms with Crippen LogP contribution in [0.15, 0.2) is 75.9 Å². The van der Waals surface area contributed by atoms with E-state index < -0.39 is 6.04 Å². The zero-order valence-electron chi connectivity index (χ0n) is 17.7. The summed E-state index contributed by atoms with van der Waals surface area (Å²) in [5.41, 5.74) is 1.97. The van der Waals surface area contributed by atoms with Gasteiger partial charge in [0.15, 0.2) is 16.9 Å². The first kappa shape index (κ1) is 21.1. The van der Waals surface area contributed by atoms with E-state index in [-0.39, 0.29) is 34.2 Å². The fourth-order valence-electron chi connectivity index (χ4n) is 4.33. The van der Waals surface area contributed by atoms with E-state index in [9.17, 15) is 14.7 Å². The van der Waals surface area contributed by atoms with Gasteiger partial charge in [-0.15, -0.1) is 0 Å². The molecule has 1 aromatic heterocycles. The van der Waals surface area contributed by atoms with Crippen molar-refractivity contribution in [2.45, 2.75) is 12.5 Å². The number of carbonyl (C=O) groups excluding carboxylic acids is 1. The molecule has 0 aliphatic carbocycles. The largest absolute Gasteiger partial charge is 0.504 e. The van der Waals surface area contributed by atoms with Crippen molar-refractivity contribution in [3.05, 3.63) is 104 Å². The molecule has 166 valence electrons. The highest BCUT2D eigenvalue weighted by Crippen LogP contribution is 2.40. The second-order valence-electron chi connectivity index (χ2n) is 7.88. The van der Waals surface area contributed by atoms with E-state index in [0.29, 0.717) is 34.5 Å². The maximum Gasteiger partial charge on any atom is 0.290 e. The molecule has 4 aromatic rings. The fraction of sp³-hybridized carbons (Fsp3) is 0.154. The summed E-state index contributed by atoms with van der Waals surface area (Å²) in [5.74, 6) is -0.101. The third-order valence-corrected chi connectivity index (χ3v) is 6.17. The van der Waals surface area contributed by atoms with Gasteiger partial charge < -0.3 is 19.2 Å².